The Balaban J connectivity index is 1.41. The molecular weight excluding hydrogens is 414 g/mol. The Morgan fingerprint density at radius 3 is 2.52 bits per heavy atom. The molecule has 0 aromatic heterocycles. The van der Waals surface area contributed by atoms with Crippen LogP contribution in [0.4, 0.5) is 0 Å². The summed E-state index contributed by atoms with van der Waals surface area (Å²) in [6, 6.07) is 7.80. The Kier molecular flexibility index (Phi) is 8.58. The minimum atomic E-state index is 0.117. The second-order valence-electron chi connectivity index (χ2n) is 8.33. The fourth-order valence-electron chi connectivity index (χ4n) is 4.33. The van der Waals surface area contributed by atoms with Crippen molar-refractivity contribution in [3.05, 3.63) is 34.9 Å². The number of amides is 2. The molecule has 0 spiro atoms. The summed E-state index contributed by atoms with van der Waals surface area (Å²) in [7, 11) is 1.76. The molecule has 2 aliphatic heterocycles. The van der Waals surface area contributed by atoms with Crippen molar-refractivity contribution < 1.29 is 9.59 Å². The van der Waals surface area contributed by atoms with Gasteiger partial charge in [-0.25, -0.2) is 0 Å². The molecule has 3 rings (SSSR count). The molecule has 2 fully saturated rings. The maximum Gasteiger partial charge on any atom is 0.227 e. The van der Waals surface area contributed by atoms with Gasteiger partial charge in [0.1, 0.15) is 0 Å². The molecule has 0 radical (unpaired) electrons. The molecule has 7 nitrogen and oxygen atoms in total. The van der Waals surface area contributed by atoms with E-state index >= 15 is 0 Å². The zero-order chi connectivity index (χ0) is 22.2. The quantitative estimate of drug-likeness (QED) is 0.556. The van der Waals surface area contributed by atoms with E-state index in [4.69, 9.17) is 11.6 Å². The SMILES string of the molecule is CN=C(NCCC(=O)N1CCCCC1C)N1CCN(C(=O)Cc2cccc(Cl)c2)CC1. The molecule has 0 bridgehead atoms. The molecule has 2 aliphatic rings. The van der Waals surface area contributed by atoms with Gasteiger partial charge in [-0.3, -0.25) is 14.6 Å². The maximum atomic E-state index is 12.6. The van der Waals surface area contributed by atoms with Gasteiger partial charge in [-0.2, -0.15) is 0 Å². The highest BCUT2D eigenvalue weighted by molar-refractivity contribution is 6.30. The lowest BCUT2D eigenvalue weighted by atomic mass is 10.0. The first-order valence-corrected chi connectivity index (χ1v) is 11.6. The van der Waals surface area contributed by atoms with Crippen molar-refractivity contribution in [2.45, 2.75) is 45.1 Å². The molecule has 1 aromatic carbocycles. The molecule has 1 N–H and O–H groups in total. The lowest BCUT2D eigenvalue weighted by molar-refractivity contribution is -0.134. The fourth-order valence-corrected chi connectivity index (χ4v) is 4.54. The molecule has 0 aliphatic carbocycles. The Labute approximate surface area is 190 Å². The zero-order valence-electron chi connectivity index (χ0n) is 18.6. The van der Waals surface area contributed by atoms with E-state index in [1.54, 1.807) is 7.05 Å². The van der Waals surface area contributed by atoms with Gasteiger partial charge < -0.3 is 20.0 Å². The summed E-state index contributed by atoms with van der Waals surface area (Å²) < 4.78 is 0. The van der Waals surface area contributed by atoms with Crippen LogP contribution in [0.1, 0.15) is 38.2 Å². The lowest BCUT2D eigenvalue weighted by Crippen LogP contribution is -2.54. The number of nitrogens with zero attached hydrogens (tertiary/aromatic N) is 4. The van der Waals surface area contributed by atoms with E-state index in [0.717, 1.165) is 44.0 Å². The van der Waals surface area contributed by atoms with E-state index in [0.29, 0.717) is 43.5 Å². The topological polar surface area (TPSA) is 68.2 Å². The van der Waals surface area contributed by atoms with Crippen molar-refractivity contribution in [3.63, 3.8) is 0 Å². The van der Waals surface area contributed by atoms with Crippen molar-refractivity contribution in [1.82, 2.24) is 20.0 Å². The molecule has 31 heavy (non-hydrogen) atoms. The molecule has 1 aromatic rings. The lowest BCUT2D eigenvalue weighted by Gasteiger charge is -2.37. The molecule has 0 saturated carbocycles. The van der Waals surface area contributed by atoms with Crippen molar-refractivity contribution >= 4 is 29.4 Å². The number of guanidine groups is 1. The molecule has 2 amide bonds. The average molecular weight is 448 g/mol. The standard InChI is InChI=1S/C23H34ClN5O2/c1-18-6-3-4-11-29(18)21(30)9-10-26-23(25-2)28-14-12-27(13-15-28)22(31)17-19-7-5-8-20(24)16-19/h5,7-8,16,18H,3-4,6,9-15,17H2,1-2H3,(H,25,26). The first-order valence-electron chi connectivity index (χ1n) is 11.2. The monoisotopic (exact) mass is 447 g/mol. The van der Waals surface area contributed by atoms with Crippen LogP contribution in [0.25, 0.3) is 0 Å². The van der Waals surface area contributed by atoms with Gasteiger partial charge in [0.15, 0.2) is 5.96 Å². The number of carbonyl (C=O) groups excluding carboxylic acids is 2. The highest BCUT2D eigenvalue weighted by Crippen LogP contribution is 2.17. The molecule has 1 unspecified atom stereocenters. The van der Waals surface area contributed by atoms with Crippen LogP contribution < -0.4 is 5.32 Å². The number of rotatable bonds is 5. The summed E-state index contributed by atoms with van der Waals surface area (Å²) >= 11 is 6.02. The van der Waals surface area contributed by atoms with Gasteiger partial charge in [-0.15, -0.1) is 0 Å². The van der Waals surface area contributed by atoms with Crippen LogP contribution in [0.5, 0.6) is 0 Å². The summed E-state index contributed by atoms with van der Waals surface area (Å²) in [6.45, 7) is 6.34. The van der Waals surface area contributed by atoms with E-state index in [9.17, 15) is 9.59 Å². The van der Waals surface area contributed by atoms with Gasteiger partial charge in [-0.05, 0) is 43.9 Å². The van der Waals surface area contributed by atoms with Gasteiger partial charge in [-0.1, -0.05) is 23.7 Å². The van der Waals surface area contributed by atoms with Gasteiger partial charge in [0.05, 0.1) is 6.42 Å². The third-order valence-electron chi connectivity index (χ3n) is 6.13. The van der Waals surface area contributed by atoms with Gasteiger partial charge in [0, 0.05) is 63.8 Å². The second-order valence-corrected chi connectivity index (χ2v) is 8.77. The van der Waals surface area contributed by atoms with Crippen molar-refractivity contribution in [1.29, 1.82) is 0 Å². The van der Waals surface area contributed by atoms with Crippen molar-refractivity contribution in [2.75, 3.05) is 46.3 Å². The Bertz CT molecular complexity index is 792. The normalized spacial score (nSPS) is 20.0. The molecule has 2 saturated heterocycles. The molecular formula is C23H34ClN5O2. The number of benzene rings is 1. The summed E-state index contributed by atoms with van der Waals surface area (Å²) in [5, 5.41) is 3.98. The second kappa shape index (κ2) is 11.4. The van der Waals surface area contributed by atoms with E-state index in [1.165, 1.54) is 6.42 Å². The first kappa shape index (κ1) is 23.4. The molecule has 1 atom stereocenters. The minimum absolute atomic E-state index is 0.117. The van der Waals surface area contributed by atoms with Crippen LogP contribution in [0.15, 0.2) is 29.3 Å². The van der Waals surface area contributed by atoms with E-state index in [2.05, 4.69) is 22.1 Å². The van der Waals surface area contributed by atoms with Crippen LogP contribution in [-0.4, -0.2) is 84.8 Å². The molecule has 8 heteroatoms. The average Bonchev–Trinajstić information content (AvgIpc) is 2.77. The number of nitrogens with one attached hydrogen (secondary N) is 1. The molecule has 2 heterocycles. The Morgan fingerprint density at radius 2 is 1.84 bits per heavy atom. The smallest absolute Gasteiger partial charge is 0.227 e. The van der Waals surface area contributed by atoms with Crippen molar-refractivity contribution in [2.24, 2.45) is 4.99 Å². The number of hydrogen-bond acceptors (Lipinski definition) is 3. The number of piperidine rings is 1. The predicted octanol–water partition coefficient (Wildman–Crippen LogP) is 2.39. The fraction of sp³-hybridized carbons (Fsp3) is 0.609. The van der Waals surface area contributed by atoms with Crippen molar-refractivity contribution in [3.8, 4) is 0 Å². The van der Waals surface area contributed by atoms with E-state index < -0.39 is 0 Å². The Morgan fingerprint density at radius 1 is 1.10 bits per heavy atom. The number of hydrogen-bond donors (Lipinski definition) is 1. The van der Waals surface area contributed by atoms with E-state index in [-0.39, 0.29) is 11.8 Å². The van der Waals surface area contributed by atoms with Crippen LogP contribution in [0.2, 0.25) is 5.02 Å². The van der Waals surface area contributed by atoms with Crippen LogP contribution in [-0.2, 0) is 16.0 Å². The van der Waals surface area contributed by atoms with Gasteiger partial charge in [0.25, 0.3) is 0 Å². The maximum absolute atomic E-state index is 12.6. The van der Waals surface area contributed by atoms with Crippen LogP contribution >= 0.6 is 11.6 Å². The zero-order valence-corrected chi connectivity index (χ0v) is 19.4. The molecule has 170 valence electrons. The largest absolute Gasteiger partial charge is 0.356 e. The number of carbonyl (C=O) groups is 2. The highest BCUT2D eigenvalue weighted by Gasteiger charge is 2.25. The van der Waals surface area contributed by atoms with Gasteiger partial charge >= 0.3 is 0 Å². The number of likely N-dealkylation sites (tertiary alicyclic amines) is 1. The minimum Gasteiger partial charge on any atom is -0.356 e. The summed E-state index contributed by atoms with van der Waals surface area (Å²) in [5.74, 6) is 1.12. The first-order chi connectivity index (χ1) is 15.0. The summed E-state index contributed by atoms with van der Waals surface area (Å²) in [5.41, 5.74) is 0.935. The van der Waals surface area contributed by atoms with E-state index in [1.807, 2.05) is 34.1 Å². The number of piperazine rings is 1. The number of halogens is 1. The third-order valence-corrected chi connectivity index (χ3v) is 6.37. The third kappa shape index (κ3) is 6.60. The predicted molar refractivity (Wildman–Crippen MR) is 124 cm³/mol. The van der Waals surface area contributed by atoms with Crippen LogP contribution in [0.3, 0.4) is 0 Å². The highest BCUT2D eigenvalue weighted by atomic mass is 35.5. The summed E-state index contributed by atoms with van der Waals surface area (Å²) in [4.78, 5) is 35.6. The summed E-state index contributed by atoms with van der Waals surface area (Å²) in [6.07, 6.45) is 4.25. The van der Waals surface area contributed by atoms with Gasteiger partial charge in [0.2, 0.25) is 11.8 Å². The number of aliphatic imine (C=N–C) groups is 1. The van der Waals surface area contributed by atoms with Crippen LogP contribution in [0, 0.1) is 0 Å². The Hall–Kier alpha value is -2.28.